The van der Waals surface area contributed by atoms with Gasteiger partial charge < -0.3 is 16.0 Å². The molecule has 1 unspecified atom stereocenters. The van der Waals surface area contributed by atoms with E-state index in [0.29, 0.717) is 13.1 Å². The molecule has 7 nitrogen and oxygen atoms in total. The molecular weight excluding hydrogens is 236 g/mol. The summed E-state index contributed by atoms with van der Waals surface area (Å²) in [6.45, 7) is 1.19. The highest BCUT2D eigenvalue weighted by atomic mass is 16.2. The van der Waals surface area contributed by atoms with Gasteiger partial charge >= 0.3 is 6.03 Å². The smallest absolute Gasteiger partial charge is 0.314 e. The summed E-state index contributed by atoms with van der Waals surface area (Å²) in [5.41, 5.74) is 5.20. The molecule has 2 rings (SSSR count). The Balaban J connectivity index is 1.84. The quantitative estimate of drug-likeness (QED) is 0.610. The fourth-order valence-electron chi connectivity index (χ4n) is 2.44. The van der Waals surface area contributed by atoms with Crippen molar-refractivity contribution in [3.63, 3.8) is 0 Å². The van der Waals surface area contributed by atoms with Crippen molar-refractivity contribution in [3.8, 4) is 0 Å². The van der Waals surface area contributed by atoms with Crippen molar-refractivity contribution in [1.82, 2.24) is 15.1 Å². The number of likely N-dealkylation sites (tertiary alicyclic amines) is 2. The topological polar surface area (TPSA) is 95.7 Å². The number of nitrogens with two attached hydrogens (primary N) is 1. The molecule has 2 heterocycles. The Kier molecular flexibility index (Phi) is 3.51. The highest BCUT2D eigenvalue weighted by Crippen LogP contribution is 2.15. The van der Waals surface area contributed by atoms with E-state index in [9.17, 15) is 14.4 Å². The number of rotatable bonds is 2. The first kappa shape index (κ1) is 12.8. The van der Waals surface area contributed by atoms with Crippen LogP contribution in [0.25, 0.3) is 0 Å². The Morgan fingerprint density at radius 3 is 2.39 bits per heavy atom. The number of amides is 4. The summed E-state index contributed by atoms with van der Waals surface area (Å²) in [5, 5.41) is 3.20. The van der Waals surface area contributed by atoms with Crippen LogP contribution >= 0.6 is 0 Å². The van der Waals surface area contributed by atoms with Crippen LogP contribution in [0.15, 0.2) is 0 Å². The molecule has 4 amide bonds. The van der Waals surface area contributed by atoms with Crippen molar-refractivity contribution in [2.24, 2.45) is 5.73 Å². The monoisotopic (exact) mass is 254 g/mol. The minimum Gasteiger partial charge on any atom is -0.351 e. The van der Waals surface area contributed by atoms with E-state index in [4.69, 9.17) is 5.73 Å². The Bertz CT molecular complexity index is 376. The number of piperidine rings is 1. The van der Waals surface area contributed by atoms with Gasteiger partial charge in [-0.05, 0) is 12.8 Å². The van der Waals surface area contributed by atoms with Crippen LogP contribution in [0.3, 0.4) is 0 Å². The number of primary amides is 1. The van der Waals surface area contributed by atoms with E-state index in [1.165, 1.54) is 7.05 Å². The highest BCUT2D eigenvalue weighted by molar-refractivity contribution is 6.05. The number of imide groups is 1. The predicted octanol–water partition coefficient (Wildman–Crippen LogP) is -1.12. The highest BCUT2D eigenvalue weighted by Gasteiger charge is 2.37. The number of likely N-dealkylation sites (N-methyl/N-ethyl adjacent to an activating group) is 1. The van der Waals surface area contributed by atoms with Gasteiger partial charge in [-0.2, -0.15) is 0 Å². The third kappa shape index (κ3) is 2.45. The summed E-state index contributed by atoms with van der Waals surface area (Å²) in [6.07, 6.45) is 1.74. The lowest BCUT2D eigenvalue weighted by molar-refractivity contribution is -0.137. The zero-order valence-electron chi connectivity index (χ0n) is 10.4. The van der Waals surface area contributed by atoms with Crippen LogP contribution < -0.4 is 11.1 Å². The first-order chi connectivity index (χ1) is 8.49. The van der Waals surface area contributed by atoms with E-state index in [2.05, 4.69) is 5.32 Å². The van der Waals surface area contributed by atoms with Crippen molar-refractivity contribution in [1.29, 1.82) is 0 Å². The van der Waals surface area contributed by atoms with Crippen LogP contribution in [-0.2, 0) is 9.59 Å². The van der Waals surface area contributed by atoms with Gasteiger partial charge in [0, 0.05) is 26.2 Å². The van der Waals surface area contributed by atoms with Crippen LogP contribution in [0, 0.1) is 0 Å². The molecule has 2 aliphatic heterocycles. The first-order valence-corrected chi connectivity index (χ1v) is 6.10. The van der Waals surface area contributed by atoms with Gasteiger partial charge in [0.1, 0.15) is 0 Å². The average molecular weight is 254 g/mol. The van der Waals surface area contributed by atoms with Crippen LogP contribution in [0.2, 0.25) is 0 Å². The molecule has 0 aromatic carbocycles. The van der Waals surface area contributed by atoms with E-state index in [-0.39, 0.29) is 24.3 Å². The molecule has 18 heavy (non-hydrogen) atoms. The lowest BCUT2D eigenvalue weighted by Gasteiger charge is -2.32. The SMILES string of the molecule is CN1C(=O)CC(NC2CCN(C(N)=O)CC2)C1=O. The zero-order valence-corrected chi connectivity index (χ0v) is 10.4. The fraction of sp³-hybridized carbons (Fsp3) is 0.727. The second-order valence-corrected chi connectivity index (χ2v) is 4.81. The minimum atomic E-state index is -0.410. The molecule has 2 fully saturated rings. The van der Waals surface area contributed by atoms with Crippen molar-refractivity contribution >= 4 is 17.8 Å². The molecule has 0 radical (unpaired) electrons. The molecule has 100 valence electrons. The molecular formula is C11H18N4O3. The van der Waals surface area contributed by atoms with Crippen LogP contribution in [0.1, 0.15) is 19.3 Å². The third-order valence-electron chi connectivity index (χ3n) is 3.63. The van der Waals surface area contributed by atoms with Crippen molar-refractivity contribution in [3.05, 3.63) is 0 Å². The Morgan fingerprint density at radius 2 is 1.94 bits per heavy atom. The Morgan fingerprint density at radius 1 is 1.33 bits per heavy atom. The van der Waals surface area contributed by atoms with E-state index in [1.54, 1.807) is 4.90 Å². The van der Waals surface area contributed by atoms with Gasteiger partial charge in [0.25, 0.3) is 0 Å². The van der Waals surface area contributed by atoms with Gasteiger partial charge in [0.15, 0.2) is 0 Å². The molecule has 2 saturated heterocycles. The summed E-state index contributed by atoms with van der Waals surface area (Å²) in [4.78, 5) is 36.8. The predicted molar refractivity (Wildman–Crippen MR) is 63.5 cm³/mol. The third-order valence-corrected chi connectivity index (χ3v) is 3.63. The Hall–Kier alpha value is -1.63. The summed E-state index contributed by atoms with van der Waals surface area (Å²) in [7, 11) is 1.50. The van der Waals surface area contributed by atoms with Crippen molar-refractivity contribution in [2.75, 3.05) is 20.1 Å². The molecule has 3 N–H and O–H groups in total. The normalized spacial score (nSPS) is 25.9. The lowest BCUT2D eigenvalue weighted by Crippen LogP contribution is -2.50. The number of carbonyl (C=O) groups is 3. The largest absolute Gasteiger partial charge is 0.351 e. The van der Waals surface area contributed by atoms with E-state index >= 15 is 0 Å². The van der Waals surface area contributed by atoms with Gasteiger partial charge in [-0.1, -0.05) is 0 Å². The van der Waals surface area contributed by atoms with E-state index in [0.717, 1.165) is 17.7 Å². The molecule has 2 aliphatic rings. The van der Waals surface area contributed by atoms with Crippen LogP contribution in [0.5, 0.6) is 0 Å². The molecule has 0 saturated carbocycles. The van der Waals surface area contributed by atoms with E-state index in [1.807, 2.05) is 0 Å². The second-order valence-electron chi connectivity index (χ2n) is 4.81. The van der Waals surface area contributed by atoms with Gasteiger partial charge in [-0.3, -0.25) is 14.5 Å². The maximum absolute atomic E-state index is 11.7. The zero-order chi connectivity index (χ0) is 13.3. The van der Waals surface area contributed by atoms with E-state index < -0.39 is 12.1 Å². The first-order valence-electron chi connectivity index (χ1n) is 6.10. The Labute approximate surface area is 105 Å². The number of carbonyl (C=O) groups excluding carboxylic acids is 3. The molecule has 0 aromatic heterocycles. The number of hydrogen-bond donors (Lipinski definition) is 2. The number of nitrogens with one attached hydrogen (secondary N) is 1. The molecule has 0 aliphatic carbocycles. The maximum atomic E-state index is 11.7. The second kappa shape index (κ2) is 4.93. The molecule has 0 bridgehead atoms. The molecule has 0 aromatic rings. The molecule has 7 heteroatoms. The van der Waals surface area contributed by atoms with Crippen LogP contribution in [0.4, 0.5) is 4.79 Å². The maximum Gasteiger partial charge on any atom is 0.314 e. The standard InChI is InChI=1S/C11H18N4O3/c1-14-9(16)6-8(10(14)17)13-7-2-4-15(5-3-7)11(12)18/h7-8,13H,2-6H2,1H3,(H2,12,18). The van der Waals surface area contributed by atoms with Crippen molar-refractivity contribution < 1.29 is 14.4 Å². The summed E-state index contributed by atoms with van der Waals surface area (Å²) < 4.78 is 0. The number of hydrogen-bond acceptors (Lipinski definition) is 4. The average Bonchev–Trinajstić information content (AvgIpc) is 2.58. The summed E-state index contributed by atoms with van der Waals surface area (Å²) in [5.74, 6) is -0.315. The number of urea groups is 1. The van der Waals surface area contributed by atoms with Gasteiger partial charge in [0.2, 0.25) is 11.8 Å². The van der Waals surface area contributed by atoms with Crippen molar-refractivity contribution in [2.45, 2.75) is 31.3 Å². The summed E-state index contributed by atoms with van der Waals surface area (Å²) >= 11 is 0. The van der Waals surface area contributed by atoms with Gasteiger partial charge in [-0.25, -0.2) is 4.79 Å². The van der Waals surface area contributed by atoms with Gasteiger partial charge in [0.05, 0.1) is 12.5 Å². The molecule has 0 spiro atoms. The number of nitrogens with zero attached hydrogens (tertiary/aromatic N) is 2. The van der Waals surface area contributed by atoms with Crippen LogP contribution in [-0.4, -0.2) is 59.9 Å². The fourth-order valence-corrected chi connectivity index (χ4v) is 2.44. The molecule has 1 atom stereocenters. The minimum absolute atomic E-state index is 0.146. The van der Waals surface area contributed by atoms with Gasteiger partial charge in [-0.15, -0.1) is 0 Å². The summed E-state index contributed by atoms with van der Waals surface area (Å²) in [6, 6.07) is -0.651. The lowest BCUT2D eigenvalue weighted by atomic mass is 10.0.